The third-order valence-corrected chi connectivity index (χ3v) is 3.97. The van der Waals surface area contributed by atoms with Crippen molar-refractivity contribution >= 4 is 0 Å². The summed E-state index contributed by atoms with van der Waals surface area (Å²) in [5, 5.41) is 76.4. The Balaban J connectivity index is 0.00000288. The van der Waals surface area contributed by atoms with Crippen LogP contribution < -0.4 is 0 Å². The summed E-state index contributed by atoms with van der Waals surface area (Å²) in [5.41, 5.74) is 0. The van der Waals surface area contributed by atoms with Crippen molar-refractivity contribution in [3.05, 3.63) is 0 Å². The number of hydrogen-bond donors (Lipinski definition) is 8. The number of ether oxygens (including phenoxy) is 3. The van der Waals surface area contributed by atoms with Crippen molar-refractivity contribution in [2.75, 3.05) is 13.2 Å². The second-order valence-electron chi connectivity index (χ2n) is 5.53. The highest BCUT2D eigenvalue weighted by atomic mass is 16.8. The van der Waals surface area contributed by atoms with E-state index in [0.29, 0.717) is 0 Å². The molecular weight excluding hydrogens is 352 g/mol. The zero-order valence-electron chi connectivity index (χ0n) is 13.0. The Bertz CT molecular complexity index is 346. The molecule has 0 aromatic rings. The zero-order valence-corrected chi connectivity index (χ0v) is 13.0. The Labute approximate surface area is 141 Å². The van der Waals surface area contributed by atoms with Gasteiger partial charge in [-0.1, -0.05) is 0 Å². The van der Waals surface area contributed by atoms with Gasteiger partial charge >= 0.3 is 0 Å². The molecule has 25 heavy (non-hydrogen) atoms. The first kappa shape index (κ1) is 24.5. The maximum absolute atomic E-state index is 9.84. The molecule has 0 saturated carbocycles. The van der Waals surface area contributed by atoms with Gasteiger partial charge in [0.15, 0.2) is 12.6 Å². The standard InChI is InChI=1S/C12H22O11.2H2O/c13-1-3-5(15)7(17)9(19)11(21-3)23-12-10(20)8(18)6(16)4(2-14)22-12;;/h3-20H,1-2H2;2*1H2/t3-,4-,5+,6+,7?,8?,9-,10-,11-,12-;;/m1../s1. The summed E-state index contributed by atoms with van der Waals surface area (Å²) in [5.74, 6) is 0. The Kier molecular flexibility index (Phi) is 9.77. The average molecular weight is 378 g/mol. The molecule has 0 aromatic carbocycles. The molecule has 10 atom stereocenters. The molecule has 2 heterocycles. The van der Waals surface area contributed by atoms with Crippen LogP contribution in [0, 0.1) is 0 Å². The van der Waals surface area contributed by atoms with Gasteiger partial charge < -0.3 is 66.0 Å². The molecule has 0 aromatic heterocycles. The summed E-state index contributed by atoms with van der Waals surface area (Å²) in [7, 11) is 0. The van der Waals surface area contributed by atoms with Crippen LogP contribution in [0.3, 0.4) is 0 Å². The third kappa shape index (κ3) is 4.81. The molecule has 2 fully saturated rings. The lowest BCUT2D eigenvalue weighted by atomic mass is 9.98. The van der Waals surface area contributed by atoms with Gasteiger partial charge in [-0.3, -0.25) is 0 Å². The van der Waals surface area contributed by atoms with Crippen molar-refractivity contribution in [3.8, 4) is 0 Å². The average Bonchev–Trinajstić information content (AvgIpc) is 2.55. The SMILES string of the molecule is O.O.OC[C@H]1O[C@H](O[C@H]2O[C@H](CO)[C@H](O)C(O)[C@H]2O)[C@H](O)C(O)[C@H]1O. The summed E-state index contributed by atoms with van der Waals surface area (Å²) in [6.45, 7) is -1.33. The second-order valence-corrected chi connectivity index (χ2v) is 5.53. The largest absolute Gasteiger partial charge is 0.412 e. The van der Waals surface area contributed by atoms with Crippen LogP contribution in [0.25, 0.3) is 0 Å². The monoisotopic (exact) mass is 378 g/mol. The topological polar surface area (TPSA) is 253 Å². The number of aliphatic hydroxyl groups excluding tert-OH is 8. The quantitative estimate of drug-likeness (QED) is 0.228. The normalized spacial score (nSPS) is 47.5. The van der Waals surface area contributed by atoms with Crippen LogP contribution in [0.15, 0.2) is 0 Å². The molecule has 2 rings (SSSR count). The van der Waals surface area contributed by atoms with Gasteiger partial charge in [0.25, 0.3) is 0 Å². The van der Waals surface area contributed by atoms with Gasteiger partial charge in [0.05, 0.1) is 13.2 Å². The van der Waals surface area contributed by atoms with Crippen molar-refractivity contribution in [2.45, 2.75) is 61.4 Å². The molecule has 152 valence electrons. The van der Waals surface area contributed by atoms with E-state index in [-0.39, 0.29) is 11.0 Å². The van der Waals surface area contributed by atoms with Crippen molar-refractivity contribution in [3.63, 3.8) is 0 Å². The number of hydrogen-bond acceptors (Lipinski definition) is 11. The van der Waals surface area contributed by atoms with E-state index in [4.69, 9.17) is 24.4 Å². The van der Waals surface area contributed by atoms with Gasteiger partial charge in [-0.05, 0) is 0 Å². The van der Waals surface area contributed by atoms with Crippen molar-refractivity contribution in [1.29, 1.82) is 0 Å². The minimum Gasteiger partial charge on any atom is -0.412 e. The highest BCUT2D eigenvalue weighted by Crippen LogP contribution is 2.27. The molecule has 2 aliphatic rings. The molecule has 2 aliphatic heterocycles. The van der Waals surface area contributed by atoms with Gasteiger partial charge in [0.2, 0.25) is 0 Å². The first-order valence-corrected chi connectivity index (χ1v) is 7.08. The Hall–Kier alpha value is -0.520. The molecular formula is C12H26O13. The summed E-state index contributed by atoms with van der Waals surface area (Å²) in [6.07, 6.45) is -15.6. The lowest BCUT2D eigenvalue weighted by molar-refractivity contribution is -0.376. The van der Waals surface area contributed by atoms with Crippen LogP contribution in [0.5, 0.6) is 0 Å². The fourth-order valence-corrected chi connectivity index (χ4v) is 2.49. The summed E-state index contributed by atoms with van der Waals surface area (Å²) >= 11 is 0. The number of rotatable bonds is 4. The van der Waals surface area contributed by atoms with Crippen molar-refractivity contribution in [2.24, 2.45) is 0 Å². The highest BCUT2D eigenvalue weighted by Gasteiger charge is 2.49. The van der Waals surface area contributed by atoms with Crippen molar-refractivity contribution < 1.29 is 66.0 Å². The summed E-state index contributed by atoms with van der Waals surface area (Å²) < 4.78 is 15.3. The van der Waals surface area contributed by atoms with Crippen LogP contribution in [-0.4, -0.2) is 126 Å². The lowest BCUT2D eigenvalue weighted by Crippen LogP contribution is -2.63. The molecule has 0 radical (unpaired) electrons. The second kappa shape index (κ2) is 9.98. The third-order valence-electron chi connectivity index (χ3n) is 3.97. The van der Waals surface area contributed by atoms with E-state index >= 15 is 0 Å². The molecule has 12 N–H and O–H groups in total. The fraction of sp³-hybridized carbons (Fsp3) is 1.00. The van der Waals surface area contributed by atoms with Crippen molar-refractivity contribution in [1.82, 2.24) is 0 Å². The van der Waals surface area contributed by atoms with E-state index in [1.54, 1.807) is 0 Å². The van der Waals surface area contributed by atoms with E-state index in [1.165, 1.54) is 0 Å². The number of aliphatic hydroxyl groups is 8. The van der Waals surface area contributed by atoms with Crippen LogP contribution in [0.2, 0.25) is 0 Å². The lowest BCUT2D eigenvalue weighted by Gasteiger charge is -2.44. The van der Waals surface area contributed by atoms with E-state index in [2.05, 4.69) is 0 Å². The first-order chi connectivity index (χ1) is 10.8. The molecule has 2 unspecified atom stereocenters. The Morgan fingerprint density at radius 3 is 1.16 bits per heavy atom. The first-order valence-electron chi connectivity index (χ1n) is 7.08. The summed E-state index contributed by atoms with van der Waals surface area (Å²) in [6, 6.07) is 0. The predicted octanol–water partition coefficient (Wildman–Crippen LogP) is -7.05. The minimum absolute atomic E-state index is 0. The maximum atomic E-state index is 9.84. The highest BCUT2D eigenvalue weighted by molar-refractivity contribution is 4.92. The van der Waals surface area contributed by atoms with Gasteiger partial charge in [-0.15, -0.1) is 0 Å². The molecule has 13 heteroatoms. The molecule has 0 spiro atoms. The van der Waals surface area contributed by atoms with E-state index < -0.39 is 74.6 Å². The Morgan fingerprint density at radius 1 is 0.560 bits per heavy atom. The van der Waals surface area contributed by atoms with Gasteiger partial charge in [0, 0.05) is 0 Å². The molecule has 13 nitrogen and oxygen atoms in total. The molecule has 0 bridgehead atoms. The Morgan fingerprint density at radius 2 is 0.880 bits per heavy atom. The van der Waals surface area contributed by atoms with Gasteiger partial charge in [0.1, 0.15) is 48.8 Å². The van der Waals surface area contributed by atoms with Gasteiger partial charge in [-0.25, -0.2) is 0 Å². The smallest absolute Gasteiger partial charge is 0.189 e. The molecule has 0 aliphatic carbocycles. The van der Waals surface area contributed by atoms with Crippen LogP contribution in [0.4, 0.5) is 0 Å². The maximum Gasteiger partial charge on any atom is 0.189 e. The van der Waals surface area contributed by atoms with Gasteiger partial charge in [-0.2, -0.15) is 0 Å². The van der Waals surface area contributed by atoms with Crippen LogP contribution >= 0.6 is 0 Å². The molecule has 0 amide bonds. The van der Waals surface area contributed by atoms with E-state index in [1.807, 2.05) is 0 Å². The predicted molar refractivity (Wildman–Crippen MR) is 75.8 cm³/mol. The van der Waals surface area contributed by atoms with E-state index in [9.17, 15) is 30.6 Å². The van der Waals surface area contributed by atoms with E-state index in [0.717, 1.165) is 0 Å². The summed E-state index contributed by atoms with van der Waals surface area (Å²) in [4.78, 5) is 0. The minimum atomic E-state index is -1.72. The zero-order chi connectivity index (χ0) is 17.3. The molecule has 2 saturated heterocycles. The van der Waals surface area contributed by atoms with Crippen LogP contribution in [0.1, 0.15) is 0 Å². The van der Waals surface area contributed by atoms with Crippen LogP contribution in [-0.2, 0) is 14.2 Å². The fourth-order valence-electron chi connectivity index (χ4n) is 2.49.